The molecule has 5 nitrogen and oxygen atoms in total. The molecule has 0 saturated carbocycles. The van der Waals surface area contributed by atoms with Crippen LogP contribution in [0.5, 0.6) is 0 Å². The maximum atomic E-state index is 10.1. The van der Waals surface area contributed by atoms with Crippen LogP contribution in [0.3, 0.4) is 0 Å². The molecule has 0 aromatic carbocycles. The lowest BCUT2D eigenvalue weighted by atomic mass is 10.1. The van der Waals surface area contributed by atoms with Gasteiger partial charge in [-0.2, -0.15) is 0 Å². The van der Waals surface area contributed by atoms with Gasteiger partial charge in [0.25, 0.3) is 0 Å². The molecule has 0 aliphatic carbocycles. The van der Waals surface area contributed by atoms with Crippen LogP contribution in [0.4, 0.5) is 0 Å². The molecule has 0 aliphatic rings. The van der Waals surface area contributed by atoms with Gasteiger partial charge in [0.05, 0.1) is 0 Å². The van der Waals surface area contributed by atoms with Crippen molar-refractivity contribution in [3.05, 3.63) is 0 Å². The van der Waals surface area contributed by atoms with Crippen molar-refractivity contribution in [2.45, 2.75) is 46.1 Å². The molecule has 0 fully saturated rings. The number of carboxylic acids is 1. The molecule has 5 heteroatoms. The van der Waals surface area contributed by atoms with Crippen LogP contribution in [0.1, 0.15) is 40.0 Å². The van der Waals surface area contributed by atoms with E-state index in [0.29, 0.717) is 13.0 Å². The van der Waals surface area contributed by atoms with Gasteiger partial charge in [-0.3, -0.25) is 4.79 Å². The summed E-state index contributed by atoms with van der Waals surface area (Å²) in [6, 6.07) is -0.716. The molecular formula is C12H29N3O2. The fourth-order valence-corrected chi connectivity index (χ4v) is 1.30. The Hall–Kier alpha value is -0.650. The van der Waals surface area contributed by atoms with Crippen LogP contribution < -0.4 is 11.5 Å². The summed E-state index contributed by atoms with van der Waals surface area (Å²) in [7, 11) is 0. The minimum Gasteiger partial charge on any atom is -0.480 e. The summed E-state index contributed by atoms with van der Waals surface area (Å²) in [4.78, 5) is 12.5. The number of aliphatic carboxylic acids is 1. The Kier molecular flexibility index (Phi) is 14.8. The van der Waals surface area contributed by atoms with Crippen molar-refractivity contribution in [2.75, 3.05) is 26.2 Å². The third-order valence-corrected chi connectivity index (χ3v) is 2.63. The lowest BCUT2D eigenvalue weighted by Crippen LogP contribution is -2.29. The van der Waals surface area contributed by atoms with Crippen molar-refractivity contribution in [3.63, 3.8) is 0 Å². The molecule has 1 unspecified atom stereocenters. The highest BCUT2D eigenvalue weighted by Crippen LogP contribution is 1.96. The topological polar surface area (TPSA) is 92.6 Å². The van der Waals surface area contributed by atoms with E-state index in [0.717, 1.165) is 12.8 Å². The second kappa shape index (κ2) is 13.4. The Morgan fingerprint density at radius 2 is 1.65 bits per heavy atom. The summed E-state index contributed by atoms with van der Waals surface area (Å²) in [5.74, 6) is -0.933. The quantitative estimate of drug-likeness (QED) is 0.554. The van der Waals surface area contributed by atoms with E-state index >= 15 is 0 Å². The number of hydrogen-bond donors (Lipinski definition) is 3. The summed E-state index contributed by atoms with van der Waals surface area (Å²) in [5.41, 5.74) is 10.4. The average Bonchev–Trinajstić information content (AvgIpc) is 2.32. The molecule has 0 saturated heterocycles. The summed E-state index contributed by atoms with van der Waals surface area (Å²) in [6.07, 6.45) is 2.16. The molecule has 0 amide bonds. The number of carbonyl (C=O) groups is 1. The van der Waals surface area contributed by atoms with Gasteiger partial charge < -0.3 is 21.5 Å². The second-order valence-corrected chi connectivity index (χ2v) is 3.85. The van der Waals surface area contributed by atoms with Crippen LogP contribution in [0.15, 0.2) is 0 Å². The van der Waals surface area contributed by atoms with Crippen LogP contribution in [0.25, 0.3) is 0 Å². The van der Waals surface area contributed by atoms with Gasteiger partial charge in [-0.25, -0.2) is 0 Å². The highest BCUT2D eigenvalue weighted by atomic mass is 16.4. The van der Waals surface area contributed by atoms with E-state index < -0.39 is 12.0 Å². The zero-order chi connectivity index (χ0) is 13.7. The van der Waals surface area contributed by atoms with Crippen LogP contribution in [0, 0.1) is 0 Å². The van der Waals surface area contributed by atoms with E-state index in [1.165, 1.54) is 19.6 Å². The third-order valence-electron chi connectivity index (χ3n) is 2.63. The van der Waals surface area contributed by atoms with Gasteiger partial charge in [-0.15, -0.1) is 0 Å². The largest absolute Gasteiger partial charge is 0.480 e. The summed E-state index contributed by atoms with van der Waals surface area (Å²) in [6.45, 7) is 10.7. The molecule has 1 atom stereocenters. The maximum absolute atomic E-state index is 10.1. The molecule has 5 N–H and O–H groups in total. The normalized spacial score (nSPS) is 11.9. The minimum atomic E-state index is -0.933. The fourth-order valence-electron chi connectivity index (χ4n) is 1.30. The molecule has 0 aromatic rings. The molecular weight excluding hydrogens is 218 g/mol. The van der Waals surface area contributed by atoms with E-state index in [2.05, 4.69) is 25.7 Å². The first-order valence-corrected chi connectivity index (χ1v) is 6.44. The van der Waals surface area contributed by atoms with Gasteiger partial charge in [-0.05, 0) is 39.0 Å². The van der Waals surface area contributed by atoms with Crippen molar-refractivity contribution in [3.8, 4) is 0 Å². The molecule has 0 heterocycles. The number of rotatable bonds is 8. The lowest BCUT2D eigenvalue weighted by molar-refractivity contribution is -0.138. The Labute approximate surface area is 105 Å². The van der Waals surface area contributed by atoms with E-state index in [-0.39, 0.29) is 0 Å². The lowest BCUT2D eigenvalue weighted by Gasteiger charge is -2.13. The summed E-state index contributed by atoms with van der Waals surface area (Å²) in [5, 5.41) is 8.33. The zero-order valence-corrected chi connectivity index (χ0v) is 11.5. The Bertz CT molecular complexity index is 168. The molecule has 0 bridgehead atoms. The zero-order valence-electron chi connectivity index (χ0n) is 11.5. The molecule has 0 spiro atoms. The Balaban J connectivity index is 0. The van der Waals surface area contributed by atoms with Crippen molar-refractivity contribution >= 4 is 5.97 Å². The van der Waals surface area contributed by atoms with Gasteiger partial charge in [0.15, 0.2) is 0 Å². The van der Waals surface area contributed by atoms with Gasteiger partial charge in [0, 0.05) is 0 Å². The summed E-state index contributed by atoms with van der Waals surface area (Å²) >= 11 is 0. The summed E-state index contributed by atoms with van der Waals surface area (Å²) < 4.78 is 0. The van der Waals surface area contributed by atoms with Crippen molar-refractivity contribution in [1.29, 1.82) is 0 Å². The number of nitrogens with zero attached hydrogens (tertiary/aromatic N) is 1. The van der Waals surface area contributed by atoms with Crippen LogP contribution in [0.2, 0.25) is 0 Å². The predicted octanol–water partition coefficient (Wildman–Crippen LogP) is 0.875. The monoisotopic (exact) mass is 247 g/mol. The van der Waals surface area contributed by atoms with Crippen molar-refractivity contribution in [2.24, 2.45) is 11.5 Å². The number of carboxylic acid groups (broad SMARTS) is 1. The van der Waals surface area contributed by atoms with Crippen LogP contribution in [-0.2, 0) is 4.79 Å². The first kappa shape index (κ1) is 18.7. The first-order chi connectivity index (χ1) is 8.03. The van der Waals surface area contributed by atoms with E-state index in [1.807, 2.05) is 0 Å². The standard InChI is InChI=1S/C6H14N2O2.C6H15N/c7-4-2-1-3-5(8)6(9)10;1-4-7(5-2)6-3/h5H,1-4,7-8H2,(H,9,10);4-6H2,1-3H3. The van der Waals surface area contributed by atoms with E-state index in [9.17, 15) is 4.79 Å². The van der Waals surface area contributed by atoms with Gasteiger partial charge >= 0.3 is 5.97 Å². The Morgan fingerprint density at radius 1 is 1.18 bits per heavy atom. The maximum Gasteiger partial charge on any atom is 0.320 e. The predicted molar refractivity (Wildman–Crippen MR) is 72.0 cm³/mol. The molecule has 0 aliphatic heterocycles. The highest BCUT2D eigenvalue weighted by Gasteiger charge is 2.09. The smallest absolute Gasteiger partial charge is 0.320 e. The van der Waals surface area contributed by atoms with E-state index in [4.69, 9.17) is 16.6 Å². The molecule has 0 aromatic heterocycles. The second-order valence-electron chi connectivity index (χ2n) is 3.85. The van der Waals surface area contributed by atoms with Crippen molar-refractivity contribution in [1.82, 2.24) is 4.90 Å². The first-order valence-electron chi connectivity index (χ1n) is 6.44. The van der Waals surface area contributed by atoms with Crippen molar-refractivity contribution < 1.29 is 9.90 Å². The van der Waals surface area contributed by atoms with Gasteiger partial charge in [0.1, 0.15) is 6.04 Å². The number of nitrogens with two attached hydrogens (primary N) is 2. The molecule has 0 radical (unpaired) electrons. The van der Waals surface area contributed by atoms with Gasteiger partial charge in [-0.1, -0.05) is 27.2 Å². The molecule has 104 valence electrons. The van der Waals surface area contributed by atoms with Crippen LogP contribution >= 0.6 is 0 Å². The number of hydrogen-bond acceptors (Lipinski definition) is 4. The third kappa shape index (κ3) is 13.3. The average molecular weight is 247 g/mol. The highest BCUT2D eigenvalue weighted by molar-refractivity contribution is 5.72. The fraction of sp³-hybridized carbons (Fsp3) is 0.917. The Morgan fingerprint density at radius 3 is 1.88 bits per heavy atom. The SMILES string of the molecule is CCN(CC)CC.NCCCCC(N)C(=O)O. The number of unbranched alkanes of at least 4 members (excludes halogenated alkanes) is 1. The van der Waals surface area contributed by atoms with E-state index in [1.54, 1.807) is 0 Å². The minimum absolute atomic E-state index is 0.520. The molecule has 17 heavy (non-hydrogen) atoms. The van der Waals surface area contributed by atoms with Gasteiger partial charge in [0.2, 0.25) is 0 Å². The van der Waals surface area contributed by atoms with Crippen LogP contribution in [-0.4, -0.2) is 48.2 Å². The molecule has 0 rings (SSSR count).